The Morgan fingerprint density at radius 1 is 1.21 bits per heavy atom. The van der Waals surface area contributed by atoms with E-state index in [0.717, 1.165) is 20.1 Å². The van der Waals surface area contributed by atoms with Crippen LogP contribution in [0.15, 0.2) is 45.6 Å². The normalized spacial score (nSPS) is 15.9. The lowest BCUT2D eigenvalue weighted by Gasteiger charge is -2.24. The summed E-state index contributed by atoms with van der Waals surface area (Å²) in [6.07, 6.45) is 1.70. The van der Waals surface area contributed by atoms with E-state index in [4.69, 9.17) is 27.9 Å². The van der Waals surface area contributed by atoms with Crippen molar-refractivity contribution < 1.29 is 9.53 Å². The number of hydrogen-bond donors (Lipinski definition) is 1. The molecule has 1 aromatic heterocycles. The Morgan fingerprint density at radius 2 is 1.96 bits per heavy atom. The molecule has 2 aromatic carbocycles. The van der Waals surface area contributed by atoms with Gasteiger partial charge in [-0.15, -0.1) is 0 Å². The van der Waals surface area contributed by atoms with Crippen LogP contribution in [0.25, 0.3) is 0 Å². The lowest BCUT2D eigenvalue weighted by molar-refractivity contribution is -0.117. The zero-order valence-electron chi connectivity index (χ0n) is 14.1. The fourth-order valence-corrected chi connectivity index (χ4v) is 4.88. The Bertz CT molecular complexity index is 1050. The molecule has 1 aliphatic heterocycles. The molecular formula is C18H12Br2Cl2N4O2. The zero-order valence-corrected chi connectivity index (χ0v) is 18.8. The van der Waals surface area contributed by atoms with Crippen LogP contribution < -0.4 is 10.1 Å². The van der Waals surface area contributed by atoms with Crippen LogP contribution in [0, 0.1) is 0 Å². The lowest BCUT2D eigenvalue weighted by Crippen LogP contribution is -2.29. The standard InChI is InChI=1S/C18H12Br2Cl2N4O2/c19-12-3-10(15-6-16(27)25-18-23-8-24-26(15)18)4-13(20)17(12)28-7-9-1-2-11(21)5-14(9)22/h1-5,8,15H,6-7H2,(H,23,24,25,27)/t15-/m0/s1. The summed E-state index contributed by atoms with van der Waals surface area (Å²) in [7, 11) is 0. The van der Waals surface area contributed by atoms with Crippen molar-refractivity contribution in [3.05, 3.63) is 66.8 Å². The number of carbonyl (C=O) groups excluding carboxylic acids is 1. The summed E-state index contributed by atoms with van der Waals surface area (Å²) in [4.78, 5) is 16.1. The number of halogens is 4. The number of rotatable bonds is 4. The number of aromatic nitrogens is 3. The van der Waals surface area contributed by atoms with Gasteiger partial charge >= 0.3 is 0 Å². The predicted octanol–water partition coefficient (Wildman–Crippen LogP) is 5.62. The number of hydrogen-bond acceptors (Lipinski definition) is 4. The van der Waals surface area contributed by atoms with Gasteiger partial charge in [0.1, 0.15) is 18.7 Å². The van der Waals surface area contributed by atoms with Crippen LogP contribution in [-0.4, -0.2) is 20.7 Å². The van der Waals surface area contributed by atoms with Crippen LogP contribution in [0.2, 0.25) is 10.0 Å². The lowest BCUT2D eigenvalue weighted by atomic mass is 10.0. The van der Waals surface area contributed by atoms with Crippen molar-refractivity contribution in [3.63, 3.8) is 0 Å². The zero-order chi connectivity index (χ0) is 19.8. The first-order valence-electron chi connectivity index (χ1n) is 8.17. The first kappa shape index (κ1) is 19.7. The highest BCUT2D eigenvalue weighted by Gasteiger charge is 2.28. The molecule has 0 radical (unpaired) electrons. The predicted molar refractivity (Wildman–Crippen MR) is 114 cm³/mol. The number of anilines is 1. The fraction of sp³-hybridized carbons (Fsp3) is 0.167. The molecule has 2 heterocycles. The molecule has 1 atom stereocenters. The Hall–Kier alpha value is -1.61. The molecule has 28 heavy (non-hydrogen) atoms. The van der Waals surface area contributed by atoms with Gasteiger partial charge in [-0.3, -0.25) is 10.1 Å². The summed E-state index contributed by atoms with van der Waals surface area (Å²) in [5.74, 6) is 0.968. The molecule has 1 aliphatic rings. The second-order valence-electron chi connectivity index (χ2n) is 6.13. The van der Waals surface area contributed by atoms with Crippen LogP contribution >= 0.6 is 55.1 Å². The van der Waals surface area contributed by atoms with Gasteiger partial charge in [-0.05, 0) is 61.7 Å². The molecule has 0 unspecified atom stereocenters. The largest absolute Gasteiger partial charge is 0.486 e. The van der Waals surface area contributed by atoms with Crippen molar-refractivity contribution in [2.45, 2.75) is 19.1 Å². The summed E-state index contributed by atoms with van der Waals surface area (Å²) >= 11 is 19.3. The van der Waals surface area contributed by atoms with Crippen molar-refractivity contribution in [2.75, 3.05) is 5.32 Å². The average Bonchev–Trinajstić information content (AvgIpc) is 3.10. The van der Waals surface area contributed by atoms with E-state index < -0.39 is 0 Å². The Kier molecular flexibility index (Phi) is 5.64. The Labute approximate surface area is 187 Å². The number of nitrogens with zero attached hydrogens (tertiary/aromatic N) is 3. The third kappa shape index (κ3) is 3.91. The quantitative estimate of drug-likeness (QED) is 0.461. The summed E-state index contributed by atoms with van der Waals surface area (Å²) in [6, 6.07) is 8.85. The molecule has 144 valence electrons. The molecule has 0 fully saturated rings. The SMILES string of the molecule is O=C1C[C@@H](c2cc(Br)c(OCc3ccc(Cl)cc3Cl)c(Br)c2)n2ncnc2N1. The first-order valence-corrected chi connectivity index (χ1v) is 10.5. The molecule has 0 spiro atoms. The number of fused-ring (bicyclic) bond motifs is 1. The maximum absolute atomic E-state index is 12.0. The second kappa shape index (κ2) is 8.02. The van der Waals surface area contributed by atoms with Gasteiger partial charge < -0.3 is 4.74 Å². The van der Waals surface area contributed by atoms with Crippen LogP contribution in [0.4, 0.5) is 5.95 Å². The first-order chi connectivity index (χ1) is 13.4. The highest BCUT2D eigenvalue weighted by atomic mass is 79.9. The van der Waals surface area contributed by atoms with Gasteiger partial charge in [0.2, 0.25) is 11.9 Å². The molecule has 0 bridgehead atoms. The monoisotopic (exact) mass is 544 g/mol. The maximum atomic E-state index is 12.0. The highest BCUT2D eigenvalue weighted by Crippen LogP contribution is 2.39. The number of benzene rings is 2. The Morgan fingerprint density at radius 3 is 2.68 bits per heavy atom. The average molecular weight is 547 g/mol. The molecular weight excluding hydrogens is 535 g/mol. The number of amides is 1. The van der Waals surface area contributed by atoms with Gasteiger partial charge in [-0.2, -0.15) is 10.1 Å². The molecule has 3 aromatic rings. The molecule has 10 heteroatoms. The van der Waals surface area contributed by atoms with E-state index in [1.165, 1.54) is 6.33 Å². The van der Waals surface area contributed by atoms with Crippen molar-refractivity contribution in [3.8, 4) is 5.75 Å². The molecule has 4 rings (SSSR count). The van der Waals surface area contributed by atoms with E-state index in [0.29, 0.717) is 21.7 Å². The molecule has 0 aliphatic carbocycles. The number of carbonyl (C=O) groups is 1. The minimum absolute atomic E-state index is 0.101. The van der Waals surface area contributed by atoms with Gasteiger partial charge in [-0.1, -0.05) is 29.3 Å². The topological polar surface area (TPSA) is 69.0 Å². The van der Waals surface area contributed by atoms with Crippen LogP contribution in [-0.2, 0) is 11.4 Å². The van der Waals surface area contributed by atoms with E-state index in [-0.39, 0.29) is 25.0 Å². The molecule has 6 nitrogen and oxygen atoms in total. The second-order valence-corrected chi connectivity index (χ2v) is 8.69. The van der Waals surface area contributed by atoms with Crippen molar-refractivity contribution in [2.24, 2.45) is 0 Å². The third-order valence-electron chi connectivity index (χ3n) is 4.29. The van der Waals surface area contributed by atoms with Crippen LogP contribution in [0.3, 0.4) is 0 Å². The summed E-state index contributed by atoms with van der Waals surface area (Å²) in [5.41, 5.74) is 1.72. The molecule has 1 amide bonds. The number of nitrogens with one attached hydrogen (secondary N) is 1. The van der Waals surface area contributed by atoms with Crippen molar-refractivity contribution in [1.29, 1.82) is 0 Å². The van der Waals surface area contributed by atoms with Gasteiger partial charge in [0, 0.05) is 15.6 Å². The maximum Gasteiger partial charge on any atom is 0.229 e. The Balaban J connectivity index is 1.60. The van der Waals surface area contributed by atoms with Gasteiger partial charge in [0.15, 0.2) is 0 Å². The van der Waals surface area contributed by atoms with Crippen molar-refractivity contribution in [1.82, 2.24) is 14.8 Å². The summed E-state index contributed by atoms with van der Waals surface area (Å²) in [5, 5.41) is 8.05. The molecule has 0 saturated carbocycles. The van der Waals surface area contributed by atoms with E-state index >= 15 is 0 Å². The van der Waals surface area contributed by atoms with Crippen LogP contribution in [0.5, 0.6) is 5.75 Å². The van der Waals surface area contributed by atoms with E-state index in [1.54, 1.807) is 16.8 Å². The third-order valence-corrected chi connectivity index (χ3v) is 6.06. The van der Waals surface area contributed by atoms with E-state index in [2.05, 4.69) is 47.3 Å². The van der Waals surface area contributed by atoms with Gasteiger partial charge in [-0.25, -0.2) is 4.68 Å². The molecule has 0 saturated heterocycles. The van der Waals surface area contributed by atoms with E-state index in [1.807, 2.05) is 18.2 Å². The fourth-order valence-electron chi connectivity index (χ4n) is 2.96. The van der Waals surface area contributed by atoms with Gasteiger partial charge in [0.25, 0.3) is 0 Å². The highest BCUT2D eigenvalue weighted by molar-refractivity contribution is 9.11. The summed E-state index contributed by atoms with van der Waals surface area (Å²) < 4.78 is 9.14. The minimum Gasteiger partial charge on any atom is -0.486 e. The van der Waals surface area contributed by atoms with E-state index in [9.17, 15) is 4.79 Å². The summed E-state index contributed by atoms with van der Waals surface area (Å²) in [6.45, 7) is 0.283. The van der Waals surface area contributed by atoms with Crippen LogP contribution in [0.1, 0.15) is 23.6 Å². The van der Waals surface area contributed by atoms with Gasteiger partial charge in [0.05, 0.1) is 21.4 Å². The number of ether oxygens (including phenoxy) is 1. The smallest absolute Gasteiger partial charge is 0.229 e. The van der Waals surface area contributed by atoms with Crippen molar-refractivity contribution >= 4 is 66.9 Å². The minimum atomic E-state index is -0.251. The molecule has 1 N–H and O–H groups in total.